The Labute approximate surface area is 170 Å². The molecule has 2 aromatic rings. The summed E-state index contributed by atoms with van der Waals surface area (Å²) in [5, 5.41) is 24.6. The van der Waals surface area contributed by atoms with E-state index in [9.17, 15) is 10.2 Å². The number of hydrogen-bond acceptors (Lipinski definition) is 5. The van der Waals surface area contributed by atoms with Gasteiger partial charge in [0, 0.05) is 31.2 Å². The maximum Gasteiger partial charge on any atom is 0.109 e. The van der Waals surface area contributed by atoms with Crippen LogP contribution >= 0.6 is 11.6 Å². The lowest BCUT2D eigenvalue weighted by Crippen LogP contribution is -2.52. The second-order valence-corrected chi connectivity index (χ2v) is 8.06. The number of halogens is 1. The van der Waals surface area contributed by atoms with Crippen molar-refractivity contribution in [2.75, 3.05) is 19.7 Å². The fourth-order valence-electron chi connectivity index (χ4n) is 4.37. The van der Waals surface area contributed by atoms with E-state index in [1.165, 1.54) is 11.1 Å². The van der Waals surface area contributed by atoms with Gasteiger partial charge in [-0.05, 0) is 35.2 Å². The molecule has 0 spiro atoms. The highest BCUT2D eigenvalue weighted by Gasteiger charge is 2.46. The molecule has 150 valence electrons. The maximum absolute atomic E-state index is 10.8. The predicted molar refractivity (Wildman–Crippen MR) is 109 cm³/mol. The molecule has 2 aliphatic heterocycles. The molecular formula is C22H27ClN2O3. The van der Waals surface area contributed by atoms with Gasteiger partial charge in [-0.15, -0.1) is 0 Å². The number of nitrogens with one attached hydrogen (secondary N) is 1. The van der Waals surface area contributed by atoms with Crippen LogP contribution < -0.4 is 5.32 Å². The van der Waals surface area contributed by atoms with E-state index in [1.54, 1.807) is 0 Å². The molecule has 6 heteroatoms. The van der Waals surface area contributed by atoms with Gasteiger partial charge in [0.2, 0.25) is 0 Å². The van der Waals surface area contributed by atoms with Crippen LogP contribution in [0.15, 0.2) is 48.5 Å². The van der Waals surface area contributed by atoms with Crippen LogP contribution in [0, 0.1) is 0 Å². The minimum atomic E-state index is -0.701. The number of aliphatic hydroxyl groups is 2. The smallest absolute Gasteiger partial charge is 0.109 e. The molecule has 1 fully saturated rings. The van der Waals surface area contributed by atoms with Gasteiger partial charge in [-0.3, -0.25) is 4.90 Å². The normalized spacial score (nSPS) is 27.7. The highest BCUT2D eigenvalue weighted by atomic mass is 35.5. The van der Waals surface area contributed by atoms with Crippen molar-refractivity contribution >= 4 is 11.6 Å². The zero-order valence-corrected chi connectivity index (χ0v) is 16.6. The highest BCUT2D eigenvalue weighted by molar-refractivity contribution is 6.30. The third-order valence-electron chi connectivity index (χ3n) is 5.79. The van der Waals surface area contributed by atoms with Crippen molar-refractivity contribution in [3.63, 3.8) is 0 Å². The summed E-state index contributed by atoms with van der Waals surface area (Å²) in [7, 11) is 0. The first kappa shape index (κ1) is 19.8. The lowest BCUT2D eigenvalue weighted by molar-refractivity contribution is -0.0213. The van der Waals surface area contributed by atoms with Gasteiger partial charge in [0.25, 0.3) is 0 Å². The minimum absolute atomic E-state index is 0.141. The monoisotopic (exact) mass is 402 g/mol. The molecule has 4 rings (SSSR count). The van der Waals surface area contributed by atoms with Gasteiger partial charge in [-0.25, -0.2) is 0 Å². The van der Waals surface area contributed by atoms with E-state index >= 15 is 0 Å². The summed E-state index contributed by atoms with van der Waals surface area (Å²) in [6, 6.07) is 16.1. The summed E-state index contributed by atoms with van der Waals surface area (Å²) in [5.41, 5.74) is 3.79. The van der Waals surface area contributed by atoms with Crippen LogP contribution in [0.1, 0.15) is 16.7 Å². The Morgan fingerprint density at radius 2 is 1.93 bits per heavy atom. The summed E-state index contributed by atoms with van der Waals surface area (Å²) in [6.07, 6.45) is -0.462. The van der Waals surface area contributed by atoms with E-state index < -0.39 is 12.2 Å². The second kappa shape index (κ2) is 8.91. The molecule has 0 amide bonds. The van der Waals surface area contributed by atoms with Crippen LogP contribution in [0.5, 0.6) is 0 Å². The van der Waals surface area contributed by atoms with Crippen molar-refractivity contribution < 1.29 is 14.9 Å². The minimum Gasteiger partial charge on any atom is -0.394 e. The number of aliphatic hydroxyl groups excluding tert-OH is 2. The number of rotatable bonds is 6. The van der Waals surface area contributed by atoms with Crippen molar-refractivity contribution in [3.8, 4) is 0 Å². The number of nitrogens with zero attached hydrogens (tertiary/aromatic N) is 1. The Morgan fingerprint density at radius 1 is 1.11 bits per heavy atom. The topological polar surface area (TPSA) is 65.0 Å². The average Bonchev–Trinajstić information content (AvgIpc) is 3.03. The lowest BCUT2D eigenvalue weighted by atomic mass is 9.95. The van der Waals surface area contributed by atoms with Crippen molar-refractivity contribution in [2.45, 2.75) is 43.9 Å². The SMILES string of the molecule is OC[C@@H]1O[C@H](CNCc2cccc(Cl)c2)[C@H](N2CCc3ccccc3C2)[C@@H]1O. The first-order valence-corrected chi connectivity index (χ1v) is 10.2. The zero-order valence-electron chi connectivity index (χ0n) is 15.8. The Hall–Kier alpha value is -1.47. The van der Waals surface area contributed by atoms with Crippen LogP contribution in [0.25, 0.3) is 0 Å². The molecule has 28 heavy (non-hydrogen) atoms. The number of ether oxygens (including phenoxy) is 1. The van der Waals surface area contributed by atoms with Gasteiger partial charge in [0.1, 0.15) is 12.2 Å². The highest BCUT2D eigenvalue weighted by Crippen LogP contribution is 2.30. The molecule has 0 bridgehead atoms. The number of hydrogen-bond donors (Lipinski definition) is 3. The molecule has 2 aliphatic rings. The predicted octanol–water partition coefficient (Wildman–Crippen LogP) is 1.98. The third-order valence-corrected chi connectivity index (χ3v) is 6.02. The molecule has 2 heterocycles. The lowest BCUT2D eigenvalue weighted by Gasteiger charge is -2.37. The first-order valence-electron chi connectivity index (χ1n) is 9.86. The molecule has 0 radical (unpaired) electrons. The third kappa shape index (κ3) is 4.25. The molecule has 4 atom stereocenters. The van der Waals surface area contributed by atoms with Crippen molar-refractivity contribution in [3.05, 3.63) is 70.2 Å². The molecule has 1 saturated heterocycles. The Kier molecular flexibility index (Phi) is 6.31. The quantitative estimate of drug-likeness (QED) is 0.689. The maximum atomic E-state index is 10.8. The van der Waals surface area contributed by atoms with Crippen LogP contribution in [-0.2, 0) is 24.2 Å². The van der Waals surface area contributed by atoms with Crippen LogP contribution in [0.2, 0.25) is 5.02 Å². The van der Waals surface area contributed by atoms with Gasteiger partial charge < -0.3 is 20.3 Å². The van der Waals surface area contributed by atoms with E-state index in [-0.39, 0.29) is 18.8 Å². The standard InChI is InChI=1S/C22H27ClN2O3/c23-18-7-3-4-15(10-18)11-24-12-19-21(22(27)20(14-26)28-19)25-9-8-16-5-1-2-6-17(16)13-25/h1-7,10,19-22,24,26-27H,8-9,11-14H2/t19-,20+,21+,22-/m1/s1. The largest absolute Gasteiger partial charge is 0.394 e. The first-order chi connectivity index (χ1) is 13.7. The second-order valence-electron chi connectivity index (χ2n) is 7.63. The summed E-state index contributed by atoms with van der Waals surface area (Å²) >= 11 is 6.05. The number of fused-ring (bicyclic) bond motifs is 1. The van der Waals surface area contributed by atoms with E-state index in [1.807, 2.05) is 24.3 Å². The van der Waals surface area contributed by atoms with Crippen molar-refractivity contribution in [1.29, 1.82) is 0 Å². The summed E-state index contributed by atoms with van der Waals surface area (Å²) in [6.45, 7) is 2.78. The Balaban J connectivity index is 1.43. The molecule has 2 aromatic carbocycles. The van der Waals surface area contributed by atoms with Gasteiger partial charge >= 0.3 is 0 Å². The van der Waals surface area contributed by atoms with E-state index in [0.717, 1.165) is 30.1 Å². The van der Waals surface area contributed by atoms with E-state index in [4.69, 9.17) is 16.3 Å². The molecule has 0 unspecified atom stereocenters. The molecule has 0 aromatic heterocycles. The van der Waals surface area contributed by atoms with Gasteiger partial charge in [0.05, 0.1) is 18.8 Å². The number of benzene rings is 2. The van der Waals surface area contributed by atoms with Gasteiger partial charge in [-0.2, -0.15) is 0 Å². The van der Waals surface area contributed by atoms with Crippen molar-refractivity contribution in [1.82, 2.24) is 10.2 Å². The zero-order chi connectivity index (χ0) is 19.5. The summed E-state index contributed by atoms with van der Waals surface area (Å²) in [4.78, 5) is 2.30. The summed E-state index contributed by atoms with van der Waals surface area (Å²) in [5.74, 6) is 0. The fourth-order valence-corrected chi connectivity index (χ4v) is 4.59. The summed E-state index contributed by atoms with van der Waals surface area (Å²) < 4.78 is 6.01. The van der Waals surface area contributed by atoms with Gasteiger partial charge in [-0.1, -0.05) is 48.0 Å². The Bertz CT molecular complexity index is 803. The van der Waals surface area contributed by atoms with Gasteiger partial charge in [0.15, 0.2) is 0 Å². The molecule has 0 saturated carbocycles. The molecule has 3 N–H and O–H groups in total. The van der Waals surface area contributed by atoms with E-state index in [0.29, 0.717) is 13.1 Å². The van der Waals surface area contributed by atoms with E-state index in [2.05, 4.69) is 34.5 Å². The van der Waals surface area contributed by atoms with Crippen LogP contribution in [-0.4, -0.2) is 59.2 Å². The molecule has 0 aliphatic carbocycles. The Morgan fingerprint density at radius 3 is 2.71 bits per heavy atom. The fraction of sp³-hybridized carbons (Fsp3) is 0.455. The molecule has 5 nitrogen and oxygen atoms in total. The van der Waals surface area contributed by atoms with Crippen molar-refractivity contribution in [2.24, 2.45) is 0 Å². The van der Waals surface area contributed by atoms with Crippen LogP contribution in [0.3, 0.4) is 0 Å². The van der Waals surface area contributed by atoms with Crippen LogP contribution in [0.4, 0.5) is 0 Å². The molecular weight excluding hydrogens is 376 g/mol. The average molecular weight is 403 g/mol.